The van der Waals surface area contributed by atoms with Crippen LogP contribution < -0.4 is 4.73 Å². The summed E-state index contributed by atoms with van der Waals surface area (Å²) in [5.74, 6) is 1.76. The van der Waals surface area contributed by atoms with Gasteiger partial charge in [0.1, 0.15) is 5.76 Å². The minimum atomic E-state index is 0.703. The third-order valence-electron chi connectivity index (χ3n) is 4.69. The van der Waals surface area contributed by atoms with Gasteiger partial charge in [-0.3, -0.25) is 0 Å². The number of hydrogen-bond donors (Lipinski definition) is 0. The van der Waals surface area contributed by atoms with Gasteiger partial charge in [-0.2, -0.15) is 4.73 Å². The molecule has 1 aliphatic carbocycles. The van der Waals surface area contributed by atoms with Gasteiger partial charge in [-0.05, 0) is 18.1 Å². The molecule has 1 aliphatic rings. The van der Waals surface area contributed by atoms with Crippen molar-refractivity contribution < 1.29 is 9.15 Å². The fourth-order valence-electron chi connectivity index (χ4n) is 3.61. The summed E-state index contributed by atoms with van der Waals surface area (Å²) in [6.45, 7) is 0. The second kappa shape index (κ2) is 5.06. The van der Waals surface area contributed by atoms with E-state index in [0.29, 0.717) is 11.1 Å². The molecule has 0 N–H and O–H groups in total. The van der Waals surface area contributed by atoms with Crippen molar-refractivity contribution in [2.24, 2.45) is 5.92 Å². The van der Waals surface area contributed by atoms with Crippen LogP contribution >= 0.6 is 0 Å². The average molecular weight is 281 g/mol. The summed E-state index contributed by atoms with van der Waals surface area (Å²) >= 11 is 0. The summed E-state index contributed by atoms with van der Waals surface area (Å²) in [5.41, 5.74) is 1.41. The third kappa shape index (κ3) is 2.27. The van der Waals surface area contributed by atoms with Crippen LogP contribution in [0.4, 0.5) is 0 Å². The molecule has 3 heteroatoms. The maximum absolute atomic E-state index is 12.0. The lowest BCUT2D eigenvalue weighted by Crippen LogP contribution is -2.25. The first-order valence-electron chi connectivity index (χ1n) is 7.84. The molecule has 2 aromatic heterocycles. The van der Waals surface area contributed by atoms with E-state index in [1.807, 2.05) is 24.3 Å². The van der Waals surface area contributed by atoms with Crippen LogP contribution in [0.1, 0.15) is 37.9 Å². The zero-order valence-electron chi connectivity index (χ0n) is 12.0. The van der Waals surface area contributed by atoms with E-state index < -0.39 is 0 Å². The molecule has 108 valence electrons. The number of aromatic nitrogens is 1. The van der Waals surface area contributed by atoms with Crippen molar-refractivity contribution in [3.63, 3.8) is 0 Å². The van der Waals surface area contributed by atoms with Crippen molar-refractivity contribution in [2.45, 2.75) is 38.5 Å². The van der Waals surface area contributed by atoms with Crippen LogP contribution in [0.15, 0.2) is 40.9 Å². The molecule has 0 amide bonds. The van der Waals surface area contributed by atoms with Gasteiger partial charge in [0.05, 0.1) is 5.39 Å². The molecule has 0 unspecified atom stereocenters. The molecule has 4 rings (SSSR count). The van der Waals surface area contributed by atoms with Crippen LogP contribution in [0.2, 0.25) is 0 Å². The highest BCUT2D eigenvalue weighted by molar-refractivity contribution is 6.02. The van der Waals surface area contributed by atoms with Gasteiger partial charge >= 0.3 is 0 Å². The summed E-state index contributed by atoms with van der Waals surface area (Å²) in [6.07, 6.45) is 9.23. The summed E-state index contributed by atoms with van der Waals surface area (Å²) in [5, 5.41) is 14.1. The van der Waals surface area contributed by atoms with Crippen LogP contribution in [0.5, 0.6) is 0 Å². The maximum Gasteiger partial charge on any atom is 0.224 e. The number of hydrogen-bond acceptors (Lipinski definition) is 2. The first kappa shape index (κ1) is 12.7. The first-order valence-corrected chi connectivity index (χ1v) is 7.84. The van der Waals surface area contributed by atoms with Gasteiger partial charge < -0.3 is 9.62 Å². The van der Waals surface area contributed by atoms with E-state index in [-0.39, 0.29) is 0 Å². The summed E-state index contributed by atoms with van der Waals surface area (Å²) < 4.78 is 6.85. The highest BCUT2D eigenvalue weighted by atomic mass is 16.5. The highest BCUT2D eigenvalue weighted by Crippen LogP contribution is 2.31. The molecule has 0 spiro atoms. The van der Waals surface area contributed by atoms with Gasteiger partial charge in [-0.1, -0.05) is 44.2 Å². The van der Waals surface area contributed by atoms with E-state index in [9.17, 15) is 5.21 Å². The number of furan rings is 1. The quantitative estimate of drug-likeness (QED) is 0.517. The Kier molecular flexibility index (Phi) is 3.06. The Morgan fingerprint density at radius 1 is 1.10 bits per heavy atom. The van der Waals surface area contributed by atoms with E-state index in [1.165, 1.54) is 32.1 Å². The Morgan fingerprint density at radius 3 is 2.76 bits per heavy atom. The molecular weight excluding hydrogens is 262 g/mol. The molecule has 0 saturated heterocycles. The van der Waals surface area contributed by atoms with E-state index in [4.69, 9.17) is 4.42 Å². The predicted octanol–water partition coefficient (Wildman–Crippen LogP) is 4.34. The molecule has 0 aliphatic heterocycles. The second-order valence-corrected chi connectivity index (χ2v) is 6.17. The molecule has 0 radical (unpaired) electrons. The standard InChI is InChI=1S/C18H19NO2/c20-19-12-18-16(15-8-4-5-9-17(15)19)11-14(21-18)10-13-6-2-1-3-7-13/h4-5,8-9,11-13H,1-3,6-7,10H2. The van der Waals surface area contributed by atoms with Crippen molar-refractivity contribution in [1.29, 1.82) is 0 Å². The molecule has 0 bridgehead atoms. The number of fused-ring (bicyclic) bond motifs is 3. The molecule has 3 aromatic rings. The summed E-state index contributed by atoms with van der Waals surface area (Å²) in [7, 11) is 0. The fourth-order valence-corrected chi connectivity index (χ4v) is 3.61. The normalized spacial score (nSPS) is 16.8. The van der Waals surface area contributed by atoms with Crippen molar-refractivity contribution in [3.05, 3.63) is 47.5 Å². The Labute approximate surface area is 123 Å². The Bertz CT molecular complexity index is 784. The lowest BCUT2D eigenvalue weighted by Gasteiger charge is -2.20. The van der Waals surface area contributed by atoms with Crippen molar-refractivity contribution >= 4 is 21.9 Å². The molecule has 3 nitrogen and oxygen atoms in total. The topological polar surface area (TPSA) is 40.1 Å². The monoisotopic (exact) mass is 281 g/mol. The minimum absolute atomic E-state index is 0.703. The Balaban J connectivity index is 1.76. The molecule has 1 aromatic carbocycles. The molecule has 1 saturated carbocycles. The molecule has 2 heterocycles. The van der Waals surface area contributed by atoms with Gasteiger partial charge in [-0.25, -0.2) is 0 Å². The van der Waals surface area contributed by atoms with Crippen molar-refractivity contribution in [2.75, 3.05) is 0 Å². The number of para-hydroxylation sites is 1. The number of nitrogens with zero attached hydrogens (tertiary/aromatic N) is 1. The maximum atomic E-state index is 12.0. The molecule has 21 heavy (non-hydrogen) atoms. The van der Waals surface area contributed by atoms with Crippen LogP contribution in [0, 0.1) is 11.1 Å². The average Bonchev–Trinajstić information content (AvgIpc) is 2.91. The van der Waals surface area contributed by atoms with Gasteiger partial charge in [0.15, 0.2) is 5.58 Å². The lowest BCUT2D eigenvalue weighted by atomic mass is 9.86. The Morgan fingerprint density at radius 2 is 1.90 bits per heavy atom. The minimum Gasteiger partial charge on any atom is -0.618 e. The number of benzene rings is 1. The molecular formula is C18H19NO2. The summed E-state index contributed by atoms with van der Waals surface area (Å²) in [4.78, 5) is 0. The van der Waals surface area contributed by atoms with Crippen LogP contribution in [-0.4, -0.2) is 0 Å². The van der Waals surface area contributed by atoms with Gasteiger partial charge in [0, 0.05) is 17.9 Å². The smallest absolute Gasteiger partial charge is 0.224 e. The van der Waals surface area contributed by atoms with Gasteiger partial charge in [0.25, 0.3) is 0 Å². The number of pyridine rings is 1. The zero-order valence-corrected chi connectivity index (χ0v) is 12.0. The summed E-state index contributed by atoms with van der Waals surface area (Å²) in [6, 6.07) is 9.84. The third-order valence-corrected chi connectivity index (χ3v) is 4.69. The first-order chi connectivity index (χ1) is 10.3. The largest absolute Gasteiger partial charge is 0.618 e. The Hall–Kier alpha value is -2.03. The highest BCUT2D eigenvalue weighted by Gasteiger charge is 2.18. The van der Waals surface area contributed by atoms with Crippen LogP contribution in [-0.2, 0) is 6.42 Å². The van der Waals surface area contributed by atoms with Crippen molar-refractivity contribution in [1.82, 2.24) is 0 Å². The zero-order chi connectivity index (χ0) is 14.2. The lowest BCUT2D eigenvalue weighted by molar-refractivity contribution is -0.575. The van der Waals surface area contributed by atoms with E-state index >= 15 is 0 Å². The molecule has 0 atom stereocenters. The second-order valence-electron chi connectivity index (χ2n) is 6.17. The van der Waals surface area contributed by atoms with E-state index in [0.717, 1.165) is 33.6 Å². The predicted molar refractivity (Wildman–Crippen MR) is 83.0 cm³/mol. The number of rotatable bonds is 2. The van der Waals surface area contributed by atoms with Gasteiger partial charge in [0.2, 0.25) is 11.7 Å². The van der Waals surface area contributed by atoms with Crippen LogP contribution in [0.3, 0.4) is 0 Å². The van der Waals surface area contributed by atoms with E-state index in [1.54, 1.807) is 6.20 Å². The SMILES string of the molecule is [O-][n+]1cc2oc(CC3CCCCC3)cc2c2ccccc21. The van der Waals surface area contributed by atoms with Crippen molar-refractivity contribution in [3.8, 4) is 0 Å². The molecule has 1 fully saturated rings. The van der Waals surface area contributed by atoms with Gasteiger partial charge in [-0.15, -0.1) is 0 Å². The van der Waals surface area contributed by atoms with Crippen LogP contribution in [0.25, 0.3) is 21.9 Å². The van der Waals surface area contributed by atoms with E-state index in [2.05, 4.69) is 6.07 Å². The fraction of sp³-hybridized carbons (Fsp3) is 0.389.